The number of carbonyl (C=O) groups excluding carboxylic acids is 2. The predicted octanol–water partition coefficient (Wildman–Crippen LogP) is 2.15. The lowest BCUT2D eigenvalue weighted by molar-refractivity contribution is -0.139. The van der Waals surface area contributed by atoms with Crippen molar-refractivity contribution in [3.05, 3.63) is 0 Å². The maximum atomic E-state index is 11.6. The fourth-order valence-electron chi connectivity index (χ4n) is 2.46. The van der Waals surface area contributed by atoms with Gasteiger partial charge in [0.2, 0.25) is 0 Å². The zero-order chi connectivity index (χ0) is 15.3. The summed E-state index contributed by atoms with van der Waals surface area (Å²) < 4.78 is 5.39. The van der Waals surface area contributed by atoms with Crippen molar-refractivity contribution in [1.29, 1.82) is 0 Å². The van der Waals surface area contributed by atoms with Crippen molar-refractivity contribution < 1.29 is 14.3 Å². The number of rotatable bonds is 10. The molecule has 0 aromatic rings. The first-order chi connectivity index (χ1) is 10.2. The smallest absolute Gasteiger partial charge is 0.309 e. The molecule has 2 N–H and O–H groups in total. The molecule has 0 aliphatic carbocycles. The van der Waals surface area contributed by atoms with Crippen molar-refractivity contribution in [2.24, 2.45) is 0 Å². The molecule has 2 amide bonds. The van der Waals surface area contributed by atoms with Crippen LogP contribution in [0.1, 0.15) is 64.7 Å². The number of carbonyl (C=O) groups is 2. The third kappa shape index (κ3) is 8.71. The summed E-state index contributed by atoms with van der Waals surface area (Å²) in [5.74, 6) is -1.08. The van der Waals surface area contributed by atoms with Gasteiger partial charge in [-0.1, -0.05) is 45.4 Å². The van der Waals surface area contributed by atoms with Gasteiger partial charge in [-0.15, -0.1) is 0 Å². The quantitative estimate of drug-likeness (QED) is 0.480. The normalized spacial score (nSPS) is 17.7. The van der Waals surface area contributed by atoms with Gasteiger partial charge in [0.15, 0.2) is 0 Å². The molecule has 0 unspecified atom stereocenters. The van der Waals surface area contributed by atoms with E-state index in [1.165, 1.54) is 32.1 Å². The van der Waals surface area contributed by atoms with E-state index in [0.717, 1.165) is 32.3 Å². The summed E-state index contributed by atoms with van der Waals surface area (Å²) in [5, 5.41) is 5.29. The summed E-state index contributed by atoms with van der Waals surface area (Å²) in [6.45, 7) is 3.98. The summed E-state index contributed by atoms with van der Waals surface area (Å²) in [7, 11) is 0. The van der Waals surface area contributed by atoms with Crippen molar-refractivity contribution in [3.63, 3.8) is 0 Å². The maximum absolute atomic E-state index is 11.6. The van der Waals surface area contributed by atoms with E-state index < -0.39 is 11.8 Å². The molecule has 1 atom stereocenters. The van der Waals surface area contributed by atoms with Gasteiger partial charge >= 0.3 is 11.8 Å². The maximum Gasteiger partial charge on any atom is 0.309 e. The molecular weight excluding hydrogens is 268 g/mol. The summed E-state index contributed by atoms with van der Waals surface area (Å²) in [6.07, 6.45) is 10.5. The molecule has 0 aromatic heterocycles. The first-order valence-corrected chi connectivity index (χ1v) is 8.41. The second kappa shape index (κ2) is 11.5. The Bertz CT molecular complexity index is 302. The van der Waals surface area contributed by atoms with Gasteiger partial charge in [-0.3, -0.25) is 9.59 Å². The fourth-order valence-corrected chi connectivity index (χ4v) is 2.46. The molecule has 1 saturated heterocycles. The molecule has 5 heteroatoms. The van der Waals surface area contributed by atoms with E-state index in [4.69, 9.17) is 4.74 Å². The molecule has 1 heterocycles. The van der Waals surface area contributed by atoms with Crippen molar-refractivity contribution in [2.45, 2.75) is 70.8 Å². The van der Waals surface area contributed by atoms with Crippen LogP contribution in [0.3, 0.4) is 0 Å². The Hall–Kier alpha value is -1.10. The highest BCUT2D eigenvalue weighted by atomic mass is 16.5. The number of unbranched alkanes of at least 4 members (excludes halogenated alkanes) is 6. The second-order valence-corrected chi connectivity index (χ2v) is 5.72. The van der Waals surface area contributed by atoms with E-state index in [2.05, 4.69) is 17.6 Å². The highest BCUT2D eigenvalue weighted by Crippen LogP contribution is 2.10. The van der Waals surface area contributed by atoms with Crippen LogP contribution in [0.15, 0.2) is 0 Å². The summed E-state index contributed by atoms with van der Waals surface area (Å²) in [6, 6.07) is 0. The van der Waals surface area contributed by atoms with Crippen LogP contribution in [0, 0.1) is 0 Å². The molecule has 21 heavy (non-hydrogen) atoms. The van der Waals surface area contributed by atoms with Crippen molar-refractivity contribution in [3.8, 4) is 0 Å². The molecule has 0 radical (unpaired) electrons. The molecule has 0 saturated carbocycles. The van der Waals surface area contributed by atoms with Crippen LogP contribution < -0.4 is 10.6 Å². The average molecular weight is 298 g/mol. The average Bonchev–Trinajstić information content (AvgIpc) is 3.00. The largest absolute Gasteiger partial charge is 0.376 e. The third-order valence-electron chi connectivity index (χ3n) is 3.79. The van der Waals surface area contributed by atoms with Gasteiger partial charge in [0.25, 0.3) is 0 Å². The molecule has 122 valence electrons. The van der Waals surface area contributed by atoms with Crippen molar-refractivity contribution in [2.75, 3.05) is 19.7 Å². The van der Waals surface area contributed by atoms with Gasteiger partial charge in [-0.05, 0) is 19.3 Å². The van der Waals surface area contributed by atoms with E-state index in [0.29, 0.717) is 13.1 Å². The SMILES string of the molecule is CCCCCCCCCNC(=O)C(=O)NC[C@H]1CCCO1. The van der Waals surface area contributed by atoms with Crippen molar-refractivity contribution in [1.82, 2.24) is 10.6 Å². The van der Waals surface area contributed by atoms with Crippen LogP contribution in [0.4, 0.5) is 0 Å². The standard InChI is InChI=1S/C16H30N2O3/c1-2-3-4-5-6-7-8-11-17-15(19)16(20)18-13-14-10-9-12-21-14/h14H,2-13H2,1H3,(H,17,19)(H,18,20)/t14-/m1/s1. The van der Waals surface area contributed by atoms with E-state index in [9.17, 15) is 9.59 Å². The fraction of sp³-hybridized carbons (Fsp3) is 0.875. The molecule has 0 spiro atoms. The number of hydrogen-bond donors (Lipinski definition) is 2. The minimum atomic E-state index is -0.548. The summed E-state index contributed by atoms with van der Waals surface area (Å²) >= 11 is 0. The number of amides is 2. The molecule has 1 aliphatic heterocycles. The Labute approximate surface area is 128 Å². The number of ether oxygens (including phenoxy) is 1. The molecule has 0 aromatic carbocycles. The van der Waals surface area contributed by atoms with E-state index >= 15 is 0 Å². The van der Waals surface area contributed by atoms with Gasteiger partial charge in [-0.2, -0.15) is 0 Å². The van der Waals surface area contributed by atoms with Crippen LogP contribution >= 0.6 is 0 Å². The first-order valence-electron chi connectivity index (χ1n) is 8.41. The van der Waals surface area contributed by atoms with Crippen LogP contribution in [0.2, 0.25) is 0 Å². The number of nitrogens with one attached hydrogen (secondary N) is 2. The monoisotopic (exact) mass is 298 g/mol. The third-order valence-corrected chi connectivity index (χ3v) is 3.79. The molecule has 0 bridgehead atoms. The zero-order valence-electron chi connectivity index (χ0n) is 13.3. The molecule has 5 nitrogen and oxygen atoms in total. The van der Waals surface area contributed by atoms with Gasteiger partial charge in [0, 0.05) is 19.7 Å². The molecule has 1 aliphatic rings. The molecular formula is C16H30N2O3. The Morgan fingerprint density at radius 2 is 1.67 bits per heavy atom. The van der Waals surface area contributed by atoms with Gasteiger partial charge in [-0.25, -0.2) is 0 Å². The predicted molar refractivity (Wildman–Crippen MR) is 83.0 cm³/mol. The van der Waals surface area contributed by atoms with E-state index in [1.54, 1.807) is 0 Å². The molecule has 1 fully saturated rings. The van der Waals surface area contributed by atoms with E-state index in [1.807, 2.05) is 0 Å². The van der Waals surface area contributed by atoms with Crippen LogP contribution in [0.25, 0.3) is 0 Å². The van der Waals surface area contributed by atoms with Crippen LogP contribution in [-0.4, -0.2) is 37.6 Å². The van der Waals surface area contributed by atoms with E-state index in [-0.39, 0.29) is 6.10 Å². The number of hydrogen-bond acceptors (Lipinski definition) is 3. The second-order valence-electron chi connectivity index (χ2n) is 5.72. The Kier molecular flexibility index (Phi) is 9.87. The topological polar surface area (TPSA) is 67.4 Å². The van der Waals surface area contributed by atoms with Crippen LogP contribution in [0.5, 0.6) is 0 Å². The van der Waals surface area contributed by atoms with Gasteiger partial charge < -0.3 is 15.4 Å². The van der Waals surface area contributed by atoms with Gasteiger partial charge in [0.1, 0.15) is 0 Å². The minimum absolute atomic E-state index is 0.0740. The molecule has 1 rings (SSSR count). The van der Waals surface area contributed by atoms with Gasteiger partial charge in [0.05, 0.1) is 6.10 Å². The summed E-state index contributed by atoms with van der Waals surface area (Å²) in [5.41, 5.74) is 0. The minimum Gasteiger partial charge on any atom is -0.376 e. The lowest BCUT2D eigenvalue weighted by Crippen LogP contribution is -2.42. The Morgan fingerprint density at radius 1 is 1.00 bits per heavy atom. The van der Waals surface area contributed by atoms with Crippen molar-refractivity contribution >= 4 is 11.8 Å². The highest BCUT2D eigenvalue weighted by molar-refractivity contribution is 6.35. The lowest BCUT2D eigenvalue weighted by atomic mass is 10.1. The summed E-state index contributed by atoms with van der Waals surface area (Å²) in [4.78, 5) is 23.1. The van der Waals surface area contributed by atoms with Crippen LogP contribution in [-0.2, 0) is 14.3 Å². The Balaban J connectivity index is 1.93. The first kappa shape index (κ1) is 18.0. The zero-order valence-corrected chi connectivity index (χ0v) is 13.3. The lowest BCUT2D eigenvalue weighted by Gasteiger charge is -2.10. The highest BCUT2D eigenvalue weighted by Gasteiger charge is 2.18. The Morgan fingerprint density at radius 3 is 2.33 bits per heavy atom.